The second-order valence-corrected chi connectivity index (χ2v) is 7.83. The number of aryl methyl sites for hydroxylation is 1. The van der Waals surface area contributed by atoms with Crippen LogP contribution in [0.4, 0.5) is 4.79 Å². The van der Waals surface area contributed by atoms with Crippen molar-refractivity contribution in [3.8, 4) is 10.6 Å². The van der Waals surface area contributed by atoms with Crippen LogP contribution < -0.4 is 5.32 Å². The van der Waals surface area contributed by atoms with Crippen molar-refractivity contribution in [3.05, 3.63) is 40.9 Å². The molecule has 2 aliphatic rings. The number of benzene rings is 1. The Balaban J connectivity index is 1.51. The van der Waals surface area contributed by atoms with E-state index in [9.17, 15) is 9.59 Å². The van der Waals surface area contributed by atoms with Crippen LogP contribution in [-0.4, -0.2) is 27.4 Å². The number of hydrogen-bond donors (Lipinski definition) is 1. The Morgan fingerprint density at radius 1 is 1.16 bits per heavy atom. The van der Waals surface area contributed by atoms with Crippen LogP contribution in [0, 0.1) is 6.92 Å². The van der Waals surface area contributed by atoms with Gasteiger partial charge in [-0.15, -0.1) is 11.3 Å². The molecular weight excluding hydrogens is 334 g/mol. The van der Waals surface area contributed by atoms with Crippen molar-refractivity contribution < 1.29 is 9.59 Å². The van der Waals surface area contributed by atoms with Gasteiger partial charge in [-0.25, -0.2) is 9.78 Å². The first-order valence-electron chi connectivity index (χ1n) is 8.73. The summed E-state index contributed by atoms with van der Waals surface area (Å²) in [5.74, 6) is -0.0814. The predicted octanol–water partition coefficient (Wildman–Crippen LogP) is 3.87. The minimum Gasteiger partial charge on any atom is -0.323 e. The van der Waals surface area contributed by atoms with Crippen LogP contribution in [0.1, 0.15) is 43.4 Å². The number of carbonyl (C=O) groups excluding carboxylic acids is 2. The van der Waals surface area contributed by atoms with Crippen molar-refractivity contribution in [3.63, 3.8) is 0 Å². The Kier molecular flexibility index (Phi) is 4.07. The standard InChI is InChI=1S/C19H21N3O2S/c1-13-5-7-14(8-6-13)16-20-15(12-25-16)11-22-17(23)19(21-18(22)24)9-3-2-4-10-19/h5-8,12H,2-4,9-11H2,1H3,(H,21,24). The molecule has 0 bridgehead atoms. The van der Waals surface area contributed by atoms with E-state index < -0.39 is 5.54 Å². The zero-order chi connectivity index (χ0) is 17.4. The SMILES string of the molecule is Cc1ccc(-c2nc(CN3C(=O)NC4(CCCCC4)C3=O)cs2)cc1. The molecule has 2 fully saturated rings. The zero-order valence-corrected chi connectivity index (χ0v) is 15.1. The third-order valence-corrected chi connectivity index (χ3v) is 6.06. The van der Waals surface area contributed by atoms with Crippen molar-refractivity contribution in [2.24, 2.45) is 0 Å². The molecule has 2 aromatic rings. The van der Waals surface area contributed by atoms with Crippen LogP contribution in [-0.2, 0) is 11.3 Å². The minimum absolute atomic E-state index is 0.0814. The Morgan fingerprint density at radius 2 is 1.88 bits per heavy atom. The number of rotatable bonds is 3. The van der Waals surface area contributed by atoms with Crippen molar-refractivity contribution >= 4 is 23.3 Å². The monoisotopic (exact) mass is 355 g/mol. The lowest BCUT2D eigenvalue weighted by Crippen LogP contribution is -2.48. The first-order chi connectivity index (χ1) is 12.1. The molecule has 6 heteroatoms. The molecule has 130 valence electrons. The molecular formula is C19H21N3O2S. The Bertz CT molecular complexity index is 806. The van der Waals surface area contributed by atoms with E-state index in [4.69, 9.17) is 0 Å². The quantitative estimate of drug-likeness (QED) is 0.850. The maximum Gasteiger partial charge on any atom is 0.325 e. The molecule has 25 heavy (non-hydrogen) atoms. The summed E-state index contributed by atoms with van der Waals surface area (Å²) >= 11 is 1.54. The van der Waals surface area contributed by atoms with E-state index >= 15 is 0 Å². The average molecular weight is 355 g/mol. The second-order valence-electron chi connectivity index (χ2n) is 6.97. The molecule has 1 N–H and O–H groups in total. The van der Waals surface area contributed by atoms with Gasteiger partial charge in [-0.3, -0.25) is 9.69 Å². The number of imide groups is 1. The molecule has 0 radical (unpaired) electrons. The van der Waals surface area contributed by atoms with Crippen molar-refractivity contribution in [1.82, 2.24) is 15.2 Å². The molecule has 5 nitrogen and oxygen atoms in total. The summed E-state index contributed by atoms with van der Waals surface area (Å²) in [6.45, 7) is 2.30. The third kappa shape index (κ3) is 2.95. The van der Waals surface area contributed by atoms with Crippen molar-refractivity contribution in [1.29, 1.82) is 0 Å². The van der Waals surface area contributed by atoms with Crippen LogP contribution in [0.15, 0.2) is 29.6 Å². The fourth-order valence-corrected chi connectivity index (χ4v) is 4.50. The van der Waals surface area contributed by atoms with Gasteiger partial charge in [-0.05, 0) is 19.8 Å². The molecule has 1 saturated carbocycles. The molecule has 0 unspecified atom stereocenters. The number of thiazole rings is 1. The fraction of sp³-hybridized carbons (Fsp3) is 0.421. The van der Waals surface area contributed by atoms with Gasteiger partial charge in [0.1, 0.15) is 10.5 Å². The summed E-state index contributed by atoms with van der Waals surface area (Å²) in [4.78, 5) is 31.1. The lowest BCUT2D eigenvalue weighted by Gasteiger charge is -2.30. The topological polar surface area (TPSA) is 62.3 Å². The summed E-state index contributed by atoms with van der Waals surface area (Å²) < 4.78 is 0. The minimum atomic E-state index is -0.662. The van der Waals surface area contributed by atoms with Crippen molar-refractivity contribution in [2.75, 3.05) is 0 Å². The molecule has 1 saturated heterocycles. The van der Waals surface area contributed by atoms with E-state index in [1.54, 1.807) is 11.3 Å². The van der Waals surface area contributed by atoms with Gasteiger partial charge in [0.2, 0.25) is 0 Å². The maximum atomic E-state index is 12.8. The lowest BCUT2D eigenvalue weighted by molar-refractivity contribution is -0.132. The first kappa shape index (κ1) is 16.3. The van der Waals surface area contributed by atoms with E-state index in [1.165, 1.54) is 10.5 Å². The predicted molar refractivity (Wildman–Crippen MR) is 97.2 cm³/mol. The van der Waals surface area contributed by atoms with Crippen LogP contribution in [0.3, 0.4) is 0 Å². The van der Waals surface area contributed by atoms with Gasteiger partial charge in [-0.1, -0.05) is 49.1 Å². The van der Waals surface area contributed by atoms with E-state index in [0.717, 1.165) is 48.4 Å². The van der Waals surface area contributed by atoms with Crippen LogP contribution in [0.25, 0.3) is 10.6 Å². The number of nitrogens with one attached hydrogen (secondary N) is 1. The number of aromatic nitrogens is 1. The molecule has 1 aliphatic carbocycles. The summed E-state index contributed by atoms with van der Waals surface area (Å²) in [6.07, 6.45) is 4.62. The molecule has 1 aromatic heterocycles. The molecule has 0 atom stereocenters. The molecule has 2 heterocycles. The second kappa shape index (κ2) is 6.26. The Labute approximate surface area is 151 Å². The molecule has 1 spiro atoms. The number of carbonyl (C=O) groups is 2. The summed E-state index contributed by atoms with van der Waals surface area (Å²) in [5, 5.41) is 5.79. The number of amides is 3. The molecule has 1 aromatic carbocycles. The number of urea groups is 1. The van der Waals surface area contributed by atoms with Gasteiger partial charge < -0.3 is 5.32 Å². The normalized spacial score (nSPS) is 19.5. The highest BCUT2D eigenvalue weighted by atomic mass is 32.1. The Hall–Kier alpha value is -2.21. The van der Waals surface area contributed by atoms with Crippen LogP contribution >= 0.6 is 11.3 Å². The summed E-state index contributed by atoms with van der Waals surface area (Å²) in [5.41, 5.74) is 2.36. The highest BCUT2D eigenvalue weighted by molar-refractivity contribution is 7.13. The zero-order valence-electron chi connectivity index (χ0n) is 14.2. The average Bonchev–Trinajstić information content (AvgIpc) is 3.16. The maximum absolute atomic E-state index is 12.8. The summed E-state index contributed by atoms with van der Waals surface area (Å²) in [6, 6.07) is 7.92. The fourth-order valence-electron chi connectivity index (χ4n) is 3.68. The summed E-state index contributed by atoms with van der Waals surface area (Å²) in [7, 11) is 0. The smallest absolute Gasteiger partial charge is 0.323 e. The highest BCUT2D eigenvalue weighted by Gasteiger charge is 2.51. The van der Waals surface area contributed by atoms with Gasteiger partial charge in [0.05, 0.1) is 12.2 Å². The Morgan fingerprint density at radius 3 is 2.60 bits per heavy atom. The molecule has 1 aliphatic heterocycles. The van der Waals surface area contributed by atoms with E-state index in [-0.39, 0.29) is 18.5 Å². The van der Waals surface area contributed by atoms with E-state index in [0.29, 0.717) is 0 Å². The van der Waals surface area contributed by atoms with Gasteiger partial charge >= 0.3 is 6.03 Å². The van der Waals surface area contributed by atoms with Gasteiger partial charge in [-0.2, -0.15) is 0 Å². The van der Waals surface area contributed by atoms with Gasteiger partial charge in [0, 0.05) is 10.9 Å². The number of hydrogen-bond acceptors (Lipinski definition) is 4. The van der Waals surface area contributed by atoms with Crippen LogP contribution in [0.5, 0.6) is 0 Å². The van der Waals surface area contributed by atoms with Gasteiger partial charge in [0.15, 0.2) is 0 Å². The highest BCUT2D eigenvalue weighted by Crippen LogP contribution is 2.34. The van der Waals surface area contributed by atoms with E-state index in [1.807, 2.05) is 17.5 Å². The van der Waals surface area contributed by atoms with Gasteiger partial charge in [0.25, 0.3) is 5.91 Å². The largest absolute Gasteiger partial charge is 0.325 e. The molecule has 4 rings (SSSR count). The van der Waals surface area contributed by atoms with Crippen LogP contribution in [0.2, 0.25) is 0 Å². The van der Waals surface area contributed by atoms with Crippen molar-refractivity contribution in [2.45, 2.75) is 51.1 Å². The third-order valence-electron chi connectivity index (χ3n) is 5.12. The first-order valence-corrected chi connectivity index (χ1v) is 9.61. The molecule has 3 amide bonds. The van der Waals surface area contributed by atoms with E-state index in [2.05, 4.69) is 29.4 Å². The lowest BCUT2D eigenvalue weighted by atomic mass is 9.82. The number of nitrogens with zero attached hydrogens (tertiary/aromatic N) is 2.